The van der Waals surface area contributed by atoms with Gasteiger partial charge in [-0.15, -0.1) is 0 Å². The van der Waals surface area contributed by atoms with Gasteiger partial charge in [-0.3, -0.25) is 0 Å². The number of rotatable bonds is 5. The minimum absolute atomic E-state index is 0.00669. The van der Waals surface area contributed by atoms with E-state index in [0.717, 1.165) is 37.1 Å². The molecule has 21 heavy (non-hydrogen) atoms. The van der Waals surface area contributed by atoms with Crippen molar-refractivity contribution in [3.8, 4) is 5.75 Å². The lowest BCUT2D eigenvalue weighted by Crippen LogP contribution is -2.42. The molecule has 1 unspecified atom stereocenters. The molecule has 1 atom stereocenters. The fourth-order valence-electron chi connectivity index (χ4n) is 3.80. The Bertz CT molecular complexity index is 482. The maximum Gasteiger partial charge on any atom is 0.125 e. The number of benzene rings is 1. The Balaban J connectivity index is 1.78. The van der Waals surface area contributed by atoms with Gasteiger partial charge >= 0.3 is 0 Å². The molecule has 0 saturated heterocycles. The second-order valence-electron chi connectivity index (χ2n) is 6.59. The predicted molar refractivity (Wildman–Crippen MR) is 83.1 cm³/mol. The summed E-state index contributed by atoms with van der Waals surface area (Å²) in [6.07, 6.45) is 9.41. The molecule has 1 aliphatic heterocycles. The Morgan fingerprint density at radius 2 is 2.10 bits per heavy atom. The van der Waals surface area contributed by atoms with E-state index in [1.165, 1.54) is 38.2 Å². The maximum absolute atomic E-state index is 13.6. The van der Waals surface area contributed by atoms with Crippen LogP contribution in [0.25, 0.3) is 0 Å². The summed E-state index contributed by atoms with van der Waals surface area (Å²) in [6.45, 7) is 3.22. The average Bonchev–Trinajstić information content (AvgIpc) is 2.92. The van der Waals surface area contributed by atoms with Crippen LogP contribution in [0.3, 0.4) is 0 Å². The fraction of sp³-hybridized carbons (Fsp3) is 0.667. The molecule has 2 aliphatic rings. The minimum atomic E-state index is -0.167. The molecule has 1 aliphatic carbocycles. The van der Waals surface area contributed by atoms with Gasteiger partial charge in [0.2, 0.25) is 0 Å². The number of halogens is 1. The summed E-state index contributed by atoms with van der Waals surface area (Å²) in [6, 6.07) is 5.21. The van der Waals surface area contributed by atoms with Gasteiger partial charge in [-0.2, -0.15) is 0 Å². The second kappa shape index (κ2) is 6.35. The normalized spacial score (nSPS) is 23.0. The predicted octanol–water partition coefficient (Wildman–Crippen LogP) is 4.74. The van der Waals surface area contributed by atoms with Gasteiger partial charge in [0.1, 0.15) is 17.2 Å². The molecule has 1 aromatic carbocycles. The van der Waals surface area contributed by atoms with Crippen LogP contribution in [0.4, 0.5) is 4.39 Å². The topological polar surface area (TPSA) is 21.3 Å². The molecule has 0 amide bonds. The van der Waals surface area contributed by atoms with E-state index in [1.54, 1.807) is 6.07 Å². The van der Waals surface area contributed by atoms with Crippen molar-refractivity contribution in [3.63, 3.8) is 0 Å². The molecule has 0 radical (unpaired) electrons. The van der Waals surface area contributed by atoms with Gasteiger partial charge in [0.05, 0.1) is 0 Å². The quantitative estimate of drug-likeness (QED) is 0.791. The zero-order valence-electron chi connectivity index (χ0n) is 13.0. The van der Waals surface area contributed by atoms with Crippen LogP contribution in [0.2, 0.25) is 0 Å². The SMILES string of the molecule is CCCCCNC1CC2(CCCC2)Oc2ccc(F)cc21. The summed E-state index contributed by atoms with van der Waals surface area (Å²) in [4.78, 5) is 0. The summed E-state index contributed by atoms with van der Waals surface area (Å²) in [5.74, 6) is 0.720. The molecule has 0 aromatic heterocycles. The summed E-state index contributed by atoms with van der Waals surface area (Å²) < 4.78 is 19.9. The van der Waals surface area contributed by atoms with Gasteiger partial charge in [-0.25, -0.2) is 4.39 Å². The lowest BCUT2D eigenvalue weighted by molar-refractivity contribution is 0.0365. The Morgan fingerprint density at radius 3 is 2.86 bits per heavy atom. The Labute approximate surface area is 127 Å². The molecular weight excluding hydrogens is 265 g/mol. The van der Waals surface area contributed by atoms with Crippen molar-refractivity contribution in [2.75, 3.05) is 6.54 Å². The van der Waals surface area contributed by atoms with Crippen LogP contribution in [-0.2, 0) is 0 Å². The van der Waals surface area contributed by atoms with Crippen LogP contribution >= 0.6 is 0 Å². The van der Waals surface area contributed by atoms with Crippen LogP contribution in [-0.4, -0.2) is 12.1 Å². The number of hydrogen-bond acceptors (Lipinski definition) is 2. The van der Waals surface area contributed by atoms with E-state index in [-0.39, 0.29) is 17.5 Å². The van der Waals surface area contributed by atoms with Crippen molar-refractivity contribution < 1.29 is 9.13 Å². The summed E-state index contributed by atoms with van der Waals surface area (Å²) >= 11 is 0. The van der Waals surface area contributed by atoms with Crippen molar-refractivity contribution >= 4 is 0 Å². The van der Waals surface area contributed by atoms with Crippen LogP contribution < -0.4 is 10.1 Å². The van der Waals surface area contributed by atoms with Gasteiger partial charge in [0, 0.05) is 18.0 Å². The van der Waals surface area contributed by atoms with E-state index >= 15 is 0 Å². The molecule has 1 spiro atoms. The van der Waals surface area contributed by atoms with Gasteiger partial charge in [-0.05, 0) is 56.8 Å². The Morgan fingerprint density at radius 1 is 1.29 bits per heavy atom. The smallest absolute Gasteiger partial charge is 0.125 e. The molecule has 1 heterocycles. The van der Waals surface area contributed by atoms with Crippen molar-refractivity contribution in [3.05, 3.63) is 29.6 Å². The molecule has 3 heteroatoms. The number of nitrogens with one attached hydrogen (secondary N) is 1. The van der Waals surface area contributed by atoms with Crippen molar-refractivity contribution in [2.24, 2.45) is 0 Å². The van der Waals surface area contributed by atoms with E-state index in [2.05, 4.69) is 12.2 Å². The van der Waals surface area contributed by atoms with E-state index in [1.807, 2.05) is 6.07 Å². The van der Waals surface area contributed by atoms with Crippen LogP contribution in [0.15, 0.2) is 18.2 Å². The first-order valence-corrected chi connectivity index (χ1v) is 8.44. The highest BCUT2D eigenvalue weighted by Crippen LogP contribution is 2.47. The molecular formula is C18H26FNO. The molecule has 1 saturated carbocycles. The maximum atomic E-state index is 13.6. The van der Waals surface area contributed by atoms with Crippen LogP contribution in [0, 0.1) is 5.82 Å². The number of unbranched alkanes of at least 4 members (excludes halogenated alkanes) is 2. The summed E-state index contributed by atoms with van der Waals surface area (Å²) in [5.41, 5.74) is 0.997. The molecule has 116 valence electrons. The van der Waals surface area contributed by atoms with Gasteiger partial charge in [0.15, 0.2) is 0 Å². The first kappa shape index (κ1) is 14.8. The highest BCUT2D eigenvalue weighted by atomic mass is 19.1. The van der Waals surface area contributed by atoms with Crippen molar-refractivity contribution in [2.45, 2.75) is 69.9 Å². The zero-order chi connectivity index (χ0) is 14.7. The highest BCUT2D eigenvalue weighted by molar-refractivity contribution is 5.39. The summed E-state index contributed by atoms with van der Waals surface area (Å²) in [5, 5.41) is 3.64. The molecule has 2 nitrogen and oxygen atoms in total. The van der Waals surface area contributed by atoms with Crippen molar-refractivity contribution in [1.29, 1.82) is 0 Å². The average molecular weight is 291 g/mol. The fourth-order valence-corrected chi connectivity index (χ4v) is 3.80. The minimum Gasteiger partial charge on any atom is -0.487 e. The third kappa shape index (κ3) is 3.23. The standard InChI is InChI=1S/C18H26FNO/c1-2-3-6-11-20-16-13-18(9-4-5-10-18)21-17-8-7-14(19)12-15(16)17/h7-8,12,16,20H,2-6,9-11,13H2,1H3. The number of fused-ring (bicyclic) bond motifs is 1. The number of hydrogen-bond donors (Lipinski definition) is 1. The highest BCUT2D eigenvalue weighted by Gasteiger charge is 2.42. The van der Waals surface area contributed by atoms with E-state index in [4.69, 9.17) is 4.74 Å². The van der Waals surface area contributed by atoms with Crippen molar-refractivity contribution in [1.82, 2.24) is 5.32 Å². The Kier molecular flexibility index (Phi) is 4.48. The van der Waals surface area contributed by atoms with Gasteiger partial charge in [0.25, 0.3) is 0 Å². The first-order valence-electron chi connectivity index (χ1n) is 8.44. The monoisotopic (exact) mass is 291 g/mol. The molecule has 3 rings (SSSR count). The molecule has 1 N–H and O–H groups in total. The van der Waals surface area contributed by atoms with Gasteiger partial charge in [-0.1, -0.05) is 19.8 Å². The molecule has 1 aromatic rings. The van der Waals surface area contributed by atoms with Gasteiger partial charge < -0.3 is 10.1 Å². The van der Waals surface area contributed by atoms with E-state index in [0.29, 0.717) is 0 Å². The first-order chi connectivity index (χ1) is 10.2. The lowest BCUT2D eigenvalue weighted by Gasteiger charge is -2.40. The van der Waals surface area contributed by atoms with E-state index < -0.39 is 0 Å². The lowest BCUT2D eigenvalue weighted by atomic mass is 9.86. The van der Waals surface area contributed by atoms with Crippen LogP contribution in [0.5, 0.6) is 5.75 Å². The molecule has 0 bridgehead atoms. The third-order valence-corrected chi connectivity index (χ3v) is 4.94. The summed E-state index contributed by atoms with van der Waals surface area (Å²) in [7, 11) is 0. The van der Waals surface area contributed by atoms with Crippen LogP contribution in [0.1, 0.15) is 69.9 Å². The molecule has 1 fully saturated rings. The Hall–Kier alpha value is -1.09. The number of ether oxygens (including phenoxy) is 1. The largest absolute Gasteiger partial charge is 0.487 e. The second-order valence-corrected chi connectivity index (χ2v) is 6.59. The zero-order valence-corrected chi connectivity index (χ0v) is 13.0. The van der Waals surface area contributed by atoms with E-state index in [9.17, 15) is 4.39 Å². The third-order valence-electron chi connectivity index (χ3n) is 4.94.